The lowest BCUT2D eigenvalue weighted by Gasteiger charge is -2.24. The average Bonchev–Trinajstić information content (AvgIpc) is 2.40. The van der Waals surface area contributed by atoms with Gasteiger partial charge in [0, 0.05) is 5.69 Å². The summed E-state index contributed by atoms with van der Waals surface area (Å²) in [7, 11) is 0. The standard InChI is InChI=1S/C14H18N4O3/c1-4-15-14(2,3)13(21)16-8-5-6-9-10(7-8)18-12(20)11(19)17-9/h5-7,15H,4H2,1-3H3,(H,16,21)(H,17,19)(H,18,20). The van der Waals surface area contributed by atoms with Crippen molar-refractivity contribution in [2.75, 3.05) is 11.9 Å². The van der Waals surface area contributed by atoms with Crippen LogP contribution in [0, 0.1) is 0 Å². The molecule has 21 heavy (non-hydrogen) atoms. The molecule has 1 heterocycles. The third-order valence-electron chi connectivity index (χ3n) is 3.17. The van der Waals surface area contributed by atoms with Crippen LogP contribution in [0.15, 0.2) is 27.8 Å². The van der Waals surface area contributed by atoms with E-state index in [0.717, 1.165) is 0 Å². The molecular formula is C14H18N4O3. The molecule has 1 aromatic carbocycles. The molecule has 0 aliphatic rings. The van der Waals surface area contributed by atoms with Gasteiger partial charge in [0.25, 0.3) is 0 Å². The fourth-order valence-electron chi connectivity index (χ4n) is 2.00. The van der Waals surface area contributed by atoms with Gasteiger partial charge in [0.1, 0.15) is 0 Å². The van der Waals surface area contributed by atoms with Gasteiger partial charge in [0.15, 0.2) is 0 Å². The van der Waals surface area contributed by atoms with Gasteiger partial charge in [-0.15, -0.1) is 0 Å². The first-order valence-corrected chi connectivity index (χ1v) is 6.66. The Kier molecular flexibility index (Phi) is 3.95. The van der Waals surface area contributed by atoms with Crippen molar-refractivity contribution in [3.05, 3.63) is 38.9 Å². The average molecular weight is 290 g/mol. The molecule has 0 fully saturated rings. The number of anilines is 1. The first kappa shape index (κ1) is 15.0. The number of aromatic nitrogens is 2. The van der Waals surface area contributed by atoms with Crippen molar-refractivity contribution in [1.82, 2.24) is 15.3 Å². The maximum atomic E-state index is 12.2. The second-order valence-corrected chi connectivity index (χ2v) is 5.28. The highest BCUT2D eigenvalue weighted by atomic mass is 16.2. The zero-order chi connectivity index (χ0) is 15.6. The smallest absolute Gasteiger partial charge is 0.314 e. The van der Waals surface area contributed by atoms with Gasteiger partial charge in [-0.05, 0) is 38.6 Å². The van der Waals surface area contributed by atoms with Gasteiger partial charge < -0.3 is 20.6 Å². The fraction of sp³-hybridized carbons (Fsp3) is 0.357. The summed E-state index contributed by atoms with van der Waals surface area (Å²) in [6, 6.07) is 4.89. The molecule has 0 atom stereocenters. The van der Waals surface area contributed by atoms with Crippen molar-refractivity contribution < 1.29 is 4.79 Å². The number of amides is 1. The van der Waals surface area contributed by atoms with Crippen LogP contribution in [-0.4, -0.2) is 28.0 Å². The zero-order valence-electron chi connectivity index (χ0n) is 12.2. The van der Waals surface area contributed by atoms with E-state index in [0.29, 0.717) is 23.3 Å². The first-order valence-electron chi connectivity index (χ1n) is 6.66. The summed E-state index contributed by atoms with van der Waals surface area (Å²) in [5.74, 6) is -0.185. The summed E-state index contributed by atoms with van der Waals surface area (Å²) in [5, 5.41) is 5.86. The number of carbonyl (C=O) groups is 1. The Hall–Kier alpha value is -2.41. The van der Waals surface area contributed by atoms with Crippen LogP contribution in [0.1, 0.15) is 20.8 Å². The van der Waals surface area contributed by atoms with Crippen molar-refractivity contribution in [1.29, 1.82) is 0 Å². The number of rotatable bonds is 4. The number of H-pyrrole nitrogens is 2. The fourth-order valence-corrected chi connectivity index (χ4v) is 2.00. The molecule has 0 saturated heterocycles. The molecule has 0 aliphatic heterocycles. The van der Waals surface area contributed by atoms with Crippen molar-refractivity contribution in [2.24, 2.45) is 0 Å². The summed E-state index contributed by atoms with van der Waals surface area (Å²) in [6.45, 7) is 6.16. The summed E-state index contributed by atoms with van der Waals surface area (Å²) < 4.78 is 0. The van der Waals surface area contributed by atoms with Crippen LogP contribution in [0.4, 0.5) is 5.69 Å². The van der Waals surface area contributed by atoms with E-state index < -0.39 is 16.7 Å². The molecule has 1 aromatic heterocycles. The number of hydrogen-bond donors (Lipinski definition) is 4. The highest BCUT2D eigenvalue weighted by molar-refractivity contribution is 5.98. The number of likely N-dealkylation sites (N-methyl/N-ethyl adjacent to an activating group) is 1. The number of aromatic amines is 2. The summed E-state index contributed by atoms with van der Waals surface area (Å²) >= 11 is 0. The van der Waals surface area contributed by atoms with Crippen LogP contribution in [0.5, 0.6) is 0 Å². The normalized spacial score (nSPS) is 11.6. The minimum Gasteiger partial charge on any atom is -0.324 e. The molecule has 2 aromatic rings. The van der Waals surface area contributed by atoms with E-state index in [4.69, 9.17) is 0 Å². The quantitative estimate of drug-likeness (QED) is 0.617. The van der Waals surface area contributed by atoms with Gasteiger partial charge in [-0.3, -0.25) is 14.4 Å². The monoisotopic (exact) mass is 290 g/mol. The number of hydrogen-bond acceptors (Lipinski definition) is 4. The lowest BCUT2D eigenvalue weighted by molar-refractivity contribution is -0.121. The van der Waals surface area contributed by atoms with E-state index in [1.807, 2.05) is 6.92 Å². The van der Waals surface area contributed by atoms with Gasteiger partial charge in [-0.25, -0.2) is 0 Å². The van der Waals surface area contributed by atoms with Crippen molar-refractivity contribution in [3.8, 4) is 0 Å². The molecule has 0 spiro atoms. The molecule has 2 rings (SSSR count). The summed E-state index contributed by atoms with van der Waals surface area (Å²) in [5.41, 5.74) is -0.628. The minimum atomic E-state index is -0.723. The maximum Gasteiger partial charge on any atom is 0.314 e. The molecule has 112 valence electrons. The topological polar surface area (TPSA) is 107 Å². The molecule has 0 aliphatic carbocycles. The number of carbonyl (C=O) groups excluding carboxylic acids is 1. The first-order chi connectivity index (χ1) is 9.83. The van der Waals surface area contributed by atoms with E-state index in [-0.39, 0.29) is 5.91 Å². The third kappa shape index (κ3) is 3.19. The minimum absolute atomic E-state index is 0.185. The molecule has 7 nitrogen and oxygen atoms in total. The number of benzene rings is 1. The Morgan fingerprint density at radius 2 is 1.76 bits per heavy atom. The van der Waals surface area contributed by atoms with Gasteiger partial charge >= 0.3 is 11.1 Å². The Morgan fingerprint density at radius 3 is 2.38 bits per heavy atom. The molecule has 0 saturated carbocycles. The Bertz CT molecular complexity index is 789. The maximum absolute atomic E-state index is 12.2. The van der Waals surface area contributed by atoms with E-state index in [1.54, 1.807) is 32.0 Å². The van der Waals surface area contributed by atoms with Crippen LogP contribution in [0.25, 0.3) is 11.0 Å². The van der Waals surface area contributed by atoms with Crippen LogP contribution in [0.3, 0.4) is 0 Å². The van der Waals surface area contributed by atoms with Crippen molar-refractivity contribution in [3.63, 3.8) is 0 Å². The van der Waals surface area contributed by atoms with Crippen molar-refractivity contribution in [2.45, 2.75) is 26.3 Å². The second kappa shape index (κ2) is 5.53. The molecule has 0 unspecified atom stereocenters. The van der Waals surface area contributed by atoms with Gasteiger partial charge in [0.05, 0.1) is 16.6 Å². The molecule has 4 N–H and O–H groups in total. The Balaban J connectivity index is 2.32. The summed E-state index contributed by atoms with van der Waals surface area (Å²) in [4.78, 5) is 39.6. The highest BCUT2D eigenvalue weighted by Gasteiger charge is 2.26. The Morgan fingerprint density at radius 1 is 1.14 bits per heavy atom. The SMILES string of the molecule is CCNC(C)(C)C(=O)Nc1ccc2[nH]c(=O)c(=O)[nH]c2c1. The van der Waals surface area contributed by atoms with E-state index in [2.05, 4.69) is 20.6 Å². The molecule has 0 radical (unpaired) electrons. The van der Waals surface area contributed by atoms with E-state index in [9.17, 15) is 14.4 Å². The lowest BCUT2D eigenvalue weighted by atomic mass is 10.0. The van der Waals surface area contributed by atoms with Crippen LogP contribution < -0.4 is 21.8 Å². The third-order valence-corrected chi connectivity index (χ3v) is 3.17. The van der Waals surface area contributed by atoms with Crippen LogP contribution in [0.2, 0.25) is 0 Å². The van der Waals surface area contributed by atoms with Crippen LogP contribution >= 0.6 is 0 Å². The van der Waals surface area contributed by atoms with Gasteiger partial charge in [-0.2, -0.15) is 0 Å². The number of nitrogens with one attached hydrogen (secondary N) is 4. The predicted molar refractivity (Wildman–Crippen MR) is 81.6 cm³/mol. The van der Waals surface area contributed by atoms with Gasteiger partial charge in [-0.1, -0.05) is 6.92 Å². The van der Waals surface area contributed by atoms with E-state index in [1.165, 1.54) is 0 Å². The zero-order valence-corrected chi connectivity index (χ0v) is 12.2. The highest BCUT2D eigenvalue weighted by Crippen LogP contribution is 2.15. The van der Waals surface area contributed by atoms with Crippen LogP contribution in [-0.2, 0) is 4.79 Å². The lowest BCUT2D eigenvalue weighted by Crippen LogP contribution is -2.49. The molecular weight excluding hydrogens is 272 g/mol. The largest absolute Gasteiger partial charge is 0.324 e. The summed E-state index contributed by atoms with van der Waals surface area (Å²) in [6.07, 6.45) is 0. The number of fused-ring (bicyclic) bond motifs is 1. The molecule has 7 heteroatoms. The molecule has 0 bridgehead atoms. The Labute approximate surface area is 120 Å². The van der Waals surface area contributed by atoms with Crippen molar-refractivity contribution >= 4 is 22.6 Å². The van der Waals surface area contributed by atoms with Gasteiger partial charge in [0.2, 0.25) is 5.91 Å². The predicted octanol–water partition coefficient (Wildman–Crippen LogP) is 0.543. The second-order valence-electron chi connectivity index (χ2n) is 5.28. The molecule has 1 amide bonds. The van der Waals surface area contributed by atoms with E-state index >= 15 is 0 Å².